The number of hydrogen-bond acceptors (Lipinski definition) is 4. The number of nitrogens with two attached hydrogens (primary N) is 1. The number of hydrazine groups is 1. The molecule has 86 valence electrons. The molecule has 4 nitrogen and oxygen atoms in total. The number of hydrogen-bond donors (Lipinski definition) is 2. The quantitative estimate of drug-likeness (QED) is 0.558. The lowest BCUT2D eigenvalue weighted by Gasteiger charge is -2.27. The molecule has 4 heteroatoms. The zero-order valence-electron chi connectivity index (χ0n) is 9.57. The molecule has 1 heterocycles. The molecule has 0 fully saturated rings. The summed E-state index contributed by atoms with van der Waals surface area (Å²) in [5, 5.41) is 0. The number of nitrogens with one attached hydrogen (secondary N) is 1. The molecular weight excluding hydrogens is 192 g/mol. The summed E-state index contributed by atoms with van der Waals surface area (Å²) in [4.78, 5) is 0. The van der Waals surface area contributed by atoms with Gasteiger partial charge in [0.05, 0.1) is 12.4 Å². The SMILES string of the molecule is CCOC(C(C)C)C(NN)c1ccco1. The molecule has 0 bridgehead atoms. The van der Waals surface area contributed by atoms with Gasteiger partial charge < -0.3 is 9.15 Å². The molecule has 0 aromatic carbocycles. The van der Waals surface area contributed by atoms with Crippen molar-refractivity contribution in [1.82, 2.24) is 5.43 Å². The summed E-state index contributed by atoms with van der Waals surface area (Å²) in [7, 11) is 0. The van der Waals surface area contributed by atoms with Gasteiger partial charge in [-0.1, -0.05) is 13.8 Å². The molecular formula is C11H20N2O2. The molecule has 0 aliphatic heterocycles. The molecule has 3 N–H and O–H groups in total. The highest BCUT2D eigenvalue weighted by atomic mass is 16.5. The van der Waals surface area contributed by atoms with Gasteiger partial charge in [-0.3, -0.25) is 5.84 Å². The van der Waals surface area contributed by atoms with E-state index in [9.17, 15) is 0 Å². The predicted molar refractivity (Wildman–Crippen MR) is 59.0 cm³/mol. The van der Waals surface area contributed by atoms with Crippen molar-refractivity contribution in [2.24, 2.45) is 11.8 Å². The van der Waals surface area contributed by atoms with Crippen LogP contribution in [0.1, 0.15) is 32.6 Å². The molecule has 2 unspecified atom stereocenters. The average molecular weight is 212 g/mol. The largest absolute Gasteiger partial charge is 0.468 e. The Balaban J connectivity index is 2.78. The zero-order chi connectivity index (χ0) is 11.3. The van der Waals surface area contributed by atoms with Crippen LogP contribution in [0.3, 0.4) is 0 Å². The minimum Gasteiger partial charge on any atom is -0.468 e. The van der Waals surface area contributed by atoms with Gasteiger partial charge in [-0.15, -0.1) is 0 Å². The van der Waals surface area contributed by atoms with E-state index in [1.807, 2.05) is 19.1 Å². The lowest BCUT2D eigenvalue weighted by atomic mass is 9.98. The predicted octanol–water partition coefficient (Wildman–Crippen LogP) is 1.85. The van der Waals surface area contributed by atoms with Crippen molar-refractivity contribution >= 4 is 0 Å². The summed E-state index contributed by atoms with van der Waals surface area (Å²) in [6.45, 7) is 6.86. The Bertz CT molecular complexity index is 260. The first kappa shape index (κ1) is 12.2. The summed E-state index contributed by atoms with van der Waals surface area (Å²) in [6, 6.07) is 3.65. The minimum absolute atomic E-state index is 0.0196. The number of rotatable bonds is 6. The van der Waals surface area contributed by atoms with E-state index in [4.69, 9.17) is 15.0 Å². The first-order valence-electron chi connectivity index (χ1n) is 5.31. The third kappa shape index (κ3) is 3.06. The fourth-order valence-electron chi connectivity index (χ4n) is 1.67. The maximum atomic E-state index is 5.68. The number of ether oxygens (including phenoxy) is 1. The van der Waals surface area contributed by atoms with Crippen molar-refractivity contribution in [1.29, 1.82) is 0 Å². The standard InChI is InChI=1S/C11H20N2O2/c1-4-14-11(8(2)3)10(13-12)9-6-5-7-15-9/h5-8,10-11,13H,4,12H2,1-3H3. The lowest BCUT2D eigenvalue weighted by molar-refractivity contribution is -0.00228. The van der Waals surface area contributed by atoms with Crippen molar-refractivity contribution < 1.29 is 9.15 Å². The Labute approximate surface area is 90.8 Å². The molecule has 2 atom stereocenters. The summed E-state index contributed by atoms with van der Waals surface area (Å²) < 4.78 is 11.0. The third-order valence-corrected chi connectivity index (χ3v) is 2.37. The molecule has 0 aliphatic carbocycles. The van der Waals surface area contributed by atoms with Crippen LogP contribution in [0.4, 0.5) is 0 Å². The molecule has 1 aromatic rings. The van der Waals surface area contributed by atoms with Gasteiger partial charge in [-0.05, 0) is 25.0 Å². The van der Waals surface area contributed by atoms with E-state index in [-0.39, 0.29) is 12.1 Å². The first-order chi connectivity index (χ1) is 7.20. The van der Waals surface area contributed by atoms with Gasteiger partial charge in [-0.2, -0.15) is 0 Å². The normalized spacial score (nSPS) is 15.5. The van der Waals surface area contributed by atoms with Gasteiger partial charge in [0.1, 0.15) is 11.8 Å². The molecule has 15 heavy (non-hydrogen) atoms. The Morgan fingerprint density at radius 2 is 2.27 bits per heavy atom. The monoisotopic (exact) mass is 212 g/mol. The van der Waals surface area contributed by atoms with Crippen LogP contribution in [0.15, 0.2) is 22.8 Å². The molecule has 1 rings (SSSR count). The van der Waals surface area contributed by atoms with E-state index in [1.54, 1.807) is 6.26 Å². The highest BCUT2D eigenvalue weighted by Crippen LogP contribution is 2.24. The second kappa shape index (κ2) is 5.90. The van der Waals surface area contributed by atoms with Gasteiger partial charge in [0, 0.05) is 6.61 Å². The maximum Gasteiger partial charge on any atom is 0.124 e. The summed E-state index contributed by atoms with van der Waals surface area (Å²) in [5.74, 6) is 6.72. The van der Waals surface area contributed by atoms with Crippen molar-refractivity contribution in [3.63, 3.8) is 0 Å². The van der Waals surface area contributed by atoms with Crippen molar-refractivity contribution in [3.8, 4) is 0 Å². The van der Waals surface area contributed by atoms with E-state index in [1.165, 1.54) is 0 Å². The average Bonchev–Trinajstić information content (AvgIpc) is 2.71. The molecule has 0 spiro atoms. The van der Waals surface area contributed by atoms with Crippen molar-refractivity contribution in [3.05, 3.63) is 24.2 Å². The van der Waals surface area contributed by atoms with Gasteiger partial charge in [-0.25, -0.2) is 5.43 Å². The van der Waals surface area contributed by atoms with Crippen molar-refractivity contribution in [2.75, 3.05) is 6.61 Å². The summed E-state index contributed by atoms with van der Waals surface area (Å²) in [6.07, 6.45) is 1.66. The molecule has 1 aromatic heterocycles. The van der Waals surface area contributed by atoms with E-state index in [0.717, 1.165) is 5.76 Å². The summed E-state index contributed by atoms with van der Waals surface area (Å²) >= 11 is 0. The van der Waals surface area contributed by atoms with Gasteiger partial charge >= 0.3 is 0 Å². The zero-order valence-corrected chi connectivity index (χ0v) is 9.57. The van der Waals surface area contributed by atoms with Crippen LogP contribution >= 0.6 is 0 Å². The second-order valence-electron chi connectivity index (χ2n) is 3.82. The van der Waals surface area contributed by atoms with E-state index in [2.05, 4.69) is 19.3 Å². The Hall–Kier alpha value is -0.840. The highest BCUT2D eigenvalue weighted by Gasteiger charge is 2.27. The fourth-order valence-corrected chi connectivity index (χ4v) is 1.67. The first-order valence-corrected chi connectivity index (χ1v) is 5.31. The summed E-state index contributed by atoms with van der Waals surface area (Å²) in [5.41, 5.74) is 2.75. The molecule has 0 aliphatic rings. The van der Waals surface area contributed by atoms with Crippen LogP contribution in [0.2, 0.25) is 0 Å². The number of furan rings is 1. The van der Waals surface area contributed by atoms with Gasteiger partial charge in [0.2, 0.25) is 0 Å². The van der Waals surface area contributed by atoms with Crippen LogP contribution in [0, 0.1) is 5.92 Å². The molecule has 0 amide bonds. The third-order valence-electron chi connectivity index (χ3n) is 2.37. The highest BCUT2D eigenvalue weighted by molar-refractivity contribution is 5.06. The van der Waals surface area contributed by atoms with Crippen LogP contribution < -0.4 is 11.3 Å². The van der Waals surface area contributed by atoms with Crippen LogP contribution in [0.25, 0.3) is 0 Å². The van der Waals surface area contributed by atoms with Crippen LogP contribution in [-0.2, 0) is 4.74 Å². The Kier molecular flexibility index (Phi) is 4.81. The Morgan fingerprint density at radius 1 is 1.53 bits per heavy atom. The Morgan fingerprint density at radius 3 is 2.67 bits per heavy atom. The topological polar surface area (TPSA) is 60.4 Å². The smallest absolute Gasteiger partial charge is 0.124 e. The molecule has 0 radical (unpaired) electrons. The molecule has 0 saturated heterocycles. The maximum absolute atomic E-state index is 5.68. The minimum atomic E-state index is -0.0973. The molecule has 0 saturated carbocycles. The second-order valence-corrected chi connectivity index (χ2v) is 3.82. The van der Waals surface area contributed by atoms with Gasteiger partial charge in [0.15, 0.2) is 0 Å². The van der Waals surface area contributed by atoms with E-state index >= 15 is 0 Å². The van der Waals surface area contributed by atoms with Crippen LogP contribution in [-0.4, -0.2) is 12.7 Å². The fraction of sp³-hybridized carbons (Fsp3) is 0.636. The van der Waals surface area contributed by atoms with E-state index < -0.39 is 0 Å². The van der Waals surface area contributed by atoms with Crippen LogP contribution in [0.5, 0.6) is 0 Å². The lowest BCUT2D eigenvalue weighted by Crippen LogP contribution is -2.40. The van der Waals surface area contributed by atoms with E-state index in [0.29, 0.717) is 12.5 Å². The van der Waals surface area contributed by atoms with Gasteiger partial charge in [0.25, 0.3) is 0 Å². The van der Waals surface area contributed by atoms with Crippen molar-refractivity contribution in [2.45, 2.75) is 32.9 Å².